The van der Waals surface area contributed by atoms with Gasteiger partial charge in [-0.3, -0.25) is 0 Å². The maximum absolute atomic E-state index is 10.4. The Kier molecular flexibility index (Phi) is 5.10. The minimum atomic E-state index is -0.694. The first-order chi connectivity index (χ1) is 10.0. The van der Waals surface area contributed by atoms with Crippen LogP contribution in [-0.2, 0) is 6.42 Å². The van der Waals surface area contributed by atoms with E-state index in [1.54, 1.807) is 26.4 Å². The van der Waals surface area contributed by atoms with Gasteiger partial charge in [-0.25, -0.2) is 0 Å². The number of aliphatic hydroxyl groups is 1. The summed E-state index contributed by atoms with van der Waals surface area (Å²) in [6, 6.07) is 11.4. The molecule has 0 heterocycles. The number of aryl methyl sites for hydroxylation is 1. The van der Waals surface area contributed by atoms with Gasteiger partial charge in [0.15, 0.2) is 11.5 Å². The molecule has 1 N–H and O–H groups in total. The molecule has 2 aromatic carbocycles. The van der Waals surface area contributed by atoms with Crippen molar-refractivity contribution in [3.63, 3.8) is 0 Å². The van der Waals surface area contributed by atoms with Crippen molar-refractivity contribution in [3.05, 3.63) is 58.1 Å². The zero-order valence-corrected chi connectivity index (χ0v) is 13.1. The molecule has 0 aliphatic carbocycles. The van der Waals surface area contributed by atoms with Crippen molar-refractivity contribution in [1.82, 2.24) is 0 Å². The van der Waals surface area contributed by atoms with Crippen LogP contribution >= 0.6 is 11.6 Å². The van der Waals surface area contributed by atoms with Crippen LogP contribution < -0.4 is 9.47 Å². The molecule has 0 fully saturated rings. The van der Waals surface area contributed by atoms with E-state index in [9.17, 15) is 5.11 Å². The van der Waals surface area contributed by atoms with E-state index >= 15 is 0 Å². The van der Waals surface area contributed by atoms with E-state index in [2.05, 4.69) is 0 Å². The number of benzene rings is 2. The van der Waals surface area contributed by atoms with E-state index in [4.69, 9.17) is 21.1 Å². The summed E-state index contributed by atoms with van der Waals surface area (Å²) < 4.78 is 10.4. The molecular formula is C17H19ClO3. The van der Waals surface area contributed by atoms with Crippen LogP contribution in [0.2, 0.25) is 5.02 Å². The van der Waals surface area contributed by atoms with Gasteiger partial charge in [0.25, 0.3) is 0 Å². The van der Waals surface area contributed by atoms with Crippen molar-refractivity contribution >= 4 is 11.6 Å². The van der Waals surface area contributed by atoms with Crippen molar-refractivity contribution in [2.45, 2.75) is 19.4 Å². The van der Waals surface area contributed by atoms with Crippen molar-refractivity contribution in [2.75, 3.05) is 14.2 Å². The average molecular weight is 307 g/mol. The lowest BCUT2D eigenvalue weighted by Gasteiger charge is -2.16. The van der Waals surface area contributed by atoms with Gasteiger partial charge < -0.3 is 14.6 Å². The number of rotatable bonds is 5. The van der Waals surface area contributed by atoms with E-state index < -0.39 is 6.10 Å². The Morgan fingerprint density at radius 3 is 2.19 bits per heavy atom. The van der Waals surface area contributed by atoms with Crippen LogP contribution in [0, 0.1) is 6.92 Å². The van der Waals surface area contributed by atoms with Gasteiger partial charge in [0, 0.05) is 18.1 Å². The molecule has 1 unspecified atom stereocenters. The summed E-state index contributed by atoms with van der Waals surface area (Å²) in [5, 5.41) is 10.9. The fraction of sp³-hybridized carbons (Fsp3) is 0.294. The second-order valence-electron chi connectivity index (χ2n) is 4.93. The summed E-state index contributed by atoms with van der Waals surface area (Å²) in [6.45, 7) is 2.03. The first kappa shape index (κ1) is 15.7. The highest BCUT2D eigenvalue weighted by Gasteiger charge is 2.16. The highest BCUT2D eigenvalue weighted by molar-refractivity contribution is 6.31. The molecule has 0 saturated heterocycles. The number of hydrogen-bond acceptors (Lipinski definition) is 3. The second kappa shape index (κ2) is 6.83. The molecule has 0 aliphatic heterocycles. The third-order valence-electron chi connectivity index (χ3n) is 3.41. The minimum absolute atomic E-state index is 0.465. The molecule has 0 radical (unpaired) electrons. The van der Waals surface area contributed by atoms with Crippen molar-refractivity contribution in [2.24, 2.45) is 0 Å². The summed E-state index contributed by atoms with van der Waals surface area (Å²) in [5.74, 6) is 1.11. The molecule has 0 spiro atoms. The van der Waals surface area contributed by atoms with Crippen LogP contribution in [0.15, 0.2) is 36.4 Å². The van der Waals surface area contributed by atoms with Gasteiger partial charge in [-0.15, -0.1) is 0 Å². The summed E-state index contributed by atoms with van der Waals surface area (Å²) in [6.07, 6.45) is -0.199. The molecule has 2 aromatic rings. The molecule has 0 saturated carbocycles. The minimum Gasteiger partial charge on any atom is -0.493 e. The van der Waals surface area contributed by atoms with E-state index in [1.165, 1.54) is 5.56 Å². The van der Waals surface area contributed by atoms with Gasteiger partial charge >= 0.3 is 0 Å². The Bertz CT molecular complexity index is 608. The van der Waals surface area contributed by atoms with Gasteiger partial charge in [0.1, 0.15) is 0 Å². The maximum atomic E-state index is 10.4. The number of halogens is 1. The smallest absolute Gasteiger partial charge is 0.162 e. The predicted molar refractivity (Wildman–Crippen MR) is 84.4 cm³/mol. The van der Waals surface area contributed by atoms with E-state index in [-0.39, 0.29) is 0 Å². The van der Waals surface area contributed by atoms with Crippen molar-refractivity contribution in [3.8, 4) is 11.5 Å². The molecule has 1 atom stereocenters. The van der Waals surface area contributed by atoms with Gasteiger partial charge in [0.2, 0.25) is 0 Å². The molecule has 2 rings (SSSR count). The average Bonchev–Trinajstić information content (AvgIpc) is 2.49. The molecule has 0 aromatic heterocycles. The van der Waals surface area contributed by atoms with Crippen LogP contribution in [-0.4, -0.2) is 19.3 Å². The Labute approximate surface area is 130 Å². The lowest BCUT2D eigenvalue weighted by molar-refractivity contribution is 0.178. The number of methoxy groups -OCH3 is 2. The maximum Gasteiger partial charge on any atom is 0.162 e. The molecule has 21 heavy (non-hydrogen) atoms. The van der Waals surface area contributed by atoms with Crippen LogP contribution in [0.1, 0.15) is 22.8 Å². The highest BCUT2D eigenvalue weighted by Crippen LogP contribution is 2.36. The molecule has 4 heteroatoms. The quantitative estimate of drug-likeness (QED) is 0.909. The zero-order valence-electron chi connectivity index (χ0n) is 12.4. The largest absolute Gasteiger partial charge is 0.493 e. The number of ether oxygens (including phenoxy) is 2. The summed E-state index contributed by atoms with van der Waals surface area (Å²) >= 11 is 6.23. The van der Waals surface area contributed by atoms with Crippen LogP contribution in [0.4, 0.5) is 0 Å². The zero-order chi connectivity index (χ0) is 15.4. The summed E-state index contributed by atoms with van der Waals surface area (Å²) in [7, 11) is 3.11. The highest BCUT2D eigenvalue weighted by atomic mass is 35.5. The first-order valence-corrected chi connectivity index (χ1v) is 7.08. The molecule has 3 nitrogen and oxygen atoms in total. The predicted octanol–water partition coefficient (Wildman–Crippen LogP) is 3.94. The van der Waals surface area contributed by atoms with Crippen LogP contribution in [0.3, 0.4) is 0 Å². The Balaban J connectivity index is 2.26. The van der Waals surface area contributed by atoms with E-state index in [0.717, 1.165) is 5.56 Å². The third-order valence-corrected chi connectivity index (χ3v) is 3.74. The van der Waals surface area contributed by atoms with E-state index in [0.29, 0.717) is 28.5 Å². The molecular weight excluding hydrogens is 288 g/mol. The molecule has 0 amide bonds. The Morgan fingerprint density at radius 2 is 1.62 bits per heavy atom. The second-order valence-corrected chi connectivity index (χ2v) is 5.34. The summed E-state index contributed by atoms with van der Waals surface area (Å²) in [4.78, 5) is 0. The van der Waals surface area contributed by atoms with Crippen LogP contribution in [0.5, 0.6) is 11.5 Å². The third kappa shape index (κ3) is 3.69. The molecule has 0 bridgehead atoms. The van der Waals surface area contributed by atoms with Crippen molar-refractivity contribution in [1.29, 1.82) is 0 Å². The van der Waals surface area contributed by atoms with Gasteiger partial charge in [0.05, 0.1) is 25.3 Å². The Morgan fingerprint density at radius 1 is 1.05 bits per heavy atom. The first-order valence-electron chi connectivity index (χ1n) is 6.70. The van der Waals surface area contributed by atoms with Gasteiger partial charge in [-0.1, -0.05) is 41.4 Å². The van der Waals surface area contributed by atoms with Gasteiger partial charge in [-0.05, 0) is 18.6 Å². The van der Waals surface area contributed by atoms with Gasteiger partial charge in [-0.2, -0.15) is 0 Å². The molecule has 0 aliphatic rings. The number of hydrogen-bond donors (Lipinski definition) is 1. The topological polar surface area (TPSA) is 38.7 Å². The molecule has 112 valence electrons. The Hall–Kier alpha value is -1.71. The monoisotopic (exact) mass is 306 g/mol. The lowest BCUT2D eigenvalue weighted by Crippen LogP contribution is -2.04. The van der Waals surface area contributed by atoms with Crippen molar-refractivity contribution < 1.29 is 14.6 Å². The normalized spacial score (nSPS) is 12.0. The number of aliphatic hydroxyl groups excluding tert-OH is 1. The standard InChI is InChI=1S/C17H19ClO3/c1-11-4-6-12(7-5-11)8-15(19)13-9-16(20-2)17(21-3)10-14(13)18/h4-7,9-10,15,19H,8H2,1-3H3. The lowest BCUT2D eigenvalue weighted by atomic mass is 10.00. The fourth-order valence-electron chi connectivity index (χ4n) is 2.18. The summed E-state index contributed by atoms with van der Waals surface area (Å²) in [5.41, 5.74) is 2.88. The fourth-order valence-corrected chi connectivity index (χ4v) is 2.46. The van der Waals surface area contributed by atoms with Crippen LogP contribution in [0.25, 0.3) is 0 Å². The van der Waals surface area contributed by atoms with E-state index in [1.807, 2.05) is 31.2 Å². The SMILES string of the molecule is COc1cc(Cl)c(C(O)Cc2ccc(C)cc2)cc1OC.